The summed E-state index contributed by atoms with van der Waals surface area (Å²) in [6, 6.07) is 14.3. The monoisotopic (exact) mass is 308 g/mol. The van der Waals surface area contributed by atoms with Gasteiger partial charge in [-0.15, -0.1) is 0 Å². The van der Waals surface area contributed by atoms with Crippen LogP contribution in [0.5, 0.6) is 0 Å². The fourth-order valence-corrected chi connectivity index (χ4v) is 2.38. The van der Waals surface area contributed by atoms with Crippen LogP contribution in [0, 0.1) is 5.82 Å². The highest BCUT2D eigenvalue weighted by Gasteiger charge is 2.12. The fourth-order valence-electron chi connectivity index (χ4n) is 1.87. The zero-order valence-corrected chi connectivity index (χ0v) is 11.4. The van der Waals surface area contributed by atoms with E-state index in [9.17, 15) is 9.50 Å². The van der Waals surface area contributed by atoms with Crippen LogP contribution in [0.1, 0.15) is 23.7 Å². The Kier molecular flexibility index (Phi) is 4.50. The largest absolute Gasteiger partial charge is 0.388 e. The van der Waals surface area contributed by atoms with Crippen molar-refractivity contribution < 1.29 is 9.50 Å². The predicted octanol–water partition coefficient (Wildman–Crippen LogP) is 4.25. The number of rotatable bonds is 4. The molecule has 0 aromatic heterocycles. The molecule has 0 saturated heterocycles. The average molecular weight is 309 g/mol. The van der Waals surface area contributed by atoms with E-state index in [1.165, 1.54) is 17.7 Å². The third-order valence-electron chi connectivity index (χ3n) is 2.87. The van der Waals surface area contributed by atoms with Crippen LogP contribution in [-0.4, -0.2) is 5.11 Å². The molecule has 3 heteroatoms. The zero-order chi connectivity index (χ0) is 13.0. The molecule has 1 unspecified atom stereocenters. The minimum absolute atomic E-state index is 0.327. The summed E-state index contributed by atoms with van der Waals surface area (Å²) in [5.74, 6) is -0.327. The maximum atomic E-state index is 13.1. The molecule has 2 rings (SSSR count). The zero-order valence-electron chi connectivity index (χ0n) is 9.81. The summed E-state index contributed by atoms with van der Waals surface area (Å²) >= 11 is 3.33. The summed E-state index contributed by atoms with van der Waals surface area (Å²) in [6.07, 6.45) is 0.687. The van der Waals surface area contributed by atoms with Gasteiger partial charge < -0.3 is 5.11 Å². The normalized spacial score (nSPS) is 12.4. The van der Waals surface area contributed by atoms with E-state index < -0.39 is 6.10 Å². The molecule has 2 aromatic carbocycles. The number of aliphatic hydroxyl groups excluding tert-OH is 1. The Hall–Kier alpha value is -1.19. The third-order valence-corrected chi connectivity index (χ3v) is 3.59. The van der Waals surface area contributed by atoms with E-state index in [-0.39, 0.29) is 5.82 Å². The number of aliphatic hydroxyl groups is 1. The number of hydrogen-bond donors (Lipinski definition) is 1. The molecule has 0 aliphatic heterocycles. The van der Waals surface area contributed by atoms with Crippen molar-refractivity contribution in [1.29, 1.82) is 0 Å². The van der Waals surface area contributed by atoms with Gasteiger partial charge in [0.15, 0.2) is 0 Å². The van der Waals surface area contributed by atoms with Crippen molar-refractivity contribution in [3.63, 3.8) is 0 Å². The van der Waals surface area contributed by atoms with Gasteiger partial charge in [-0.25, -0.2) is 4.39 Å². The minimum Gasteiger partial charge on any atom is -0.388 e. The van der Waals surface area contributed by atoms with Crippen molar-refractivity contribution in [3.8, 4) is 0 Å². The SMILES string of the molecule is OC(CCc1ccccc1)c1cc(F)ccc1Br. The molecule has 0 bridgehead atoms. The Morgan fingerprint density at radius 2 is 1.83 bits per heavy atom. The summed E-state index contributed by atoms with van der Waals surface area (Å²) in [4.78, 5) is 0. The number of halogens is 2. The standard InChI is InChI=1S/C15H14BrFO/c16-14-8-7-12(17)10-13(14)15(18)9-6-11-4-2-1-3-5-11/h1-5,7-8,10,15,18H,6,9H2. The van der Waals surface area contributed by atoms with Crippen LogP contribution in [0.15, 0.2) is 53.0 Å². The molecule has 0 aliphatic rings. The van der Waals surface area contributed by atoms with Gasteiger partial charge in [-0.05, 0) is 42.2 Å². The van der Waals surface area contributed by atoms with Crippen LogP contribution in [0.3, 0.4) is 0 Å². The topological polar surface area (TPSA) is 20.2 Å². The molecule has 0 fully saturated rings. The van der Waals surface area contributed by atoms with E-state index in [0.29, 0.717) is 12.0 Å². The van der Waals surface area contributed by atoms with Crippen LogP contribution in [-0.2, 0) is 6.42 Å². The highest BCUT2D eigenvalue weighted by atomic mass is 79.9. The number of aryl methyl sites for hydroxylation is 1. The summed E-state index contributed by atoms with van der Waals surface area (Å²) in [6.45, 7) is 0. The second-order valence-electron chi connectivity index (χ2n) is 4.21. The van der Waals surface area contributed by atoms with E-state index in [0.717, 1.165) is 10.9 Å². The third kappa shape index (κ3) is 3.40. The van der Waals surface area contributed by atoms with Crippen LogP contribution < -0.4 is 0 Å². The van der Waals surface area contributed by atoms with Crippen molar-refractivity contribution in [2.75, 3.05) is 0 Å². The Bertz CT molecular complexity index is 513. The summed E-state index contributed by atoms with van der Waals surface area (Å²) < 4.78 is 13.9. The van der Waals surface area contributed by atoms with Crippen molar-refractivity contribution in [1.82, 2.24) is 0 Å². The molecule has 18 heavy (non-hydrogen) atoms. The molecule has 0 heterocycles. The van der Waals surface area contributed by atoms with Crippen LogP contribution in [0.4, 0.5) is 4.39 Å². The van der Waals surface area contributed by atoms with Crippen LogP contribution >= 0.6 is 15.9 Å². The molecule has 1 nitrogen and oxygen atoms in total. The molecule has 2 aromatic rings. The maximum absolute atomic E-state index is 13.1. The molecule has 0 spiro atoms. The first-order chi connectivity index (χ1) is 8.66. The smallest absolute Gasteiger partial charge is 0.123 e. The van der Waals surface area contributed by atoms with E-state index in [2.05, 4.69) is 15.9 Å². The van der Waals surface area contributed by atoms with Crippen molar-refractivity contribution in [2.45, 2.75) is 18.9 Å². The van der Waals surface area contributed by atoms with Gasteiger partial charge in [0.1, 0.15) is 5.82 Å². The lowest BCUT2D eigenvalue weighted by Gasteiger charge is -2.13. The second-order valence-corrected chi connectivity index (χ2v) is 5.06. The first-order valence-corrected chi connectivity index (χ1v) is 6.63. The summed E-state index contributed by atoms with van der Waals surface area (Å²) in [5, 5.41) is 10.1. The Labute approximate surface area is 114 Å². The van der Waals surface area contributed by atoms with Gasteiger partial charge in [0, 0.05) is 4.47 Å². The van der Waals surface area contributed by atoms with E-state index in [1.807, 2.05) is 30.3 Å². The predicted molar refractivity (Wildman–Crippen MR) is 73.8 cm³/mol. The second kappa shape index (κ2) is 6.12. The first-order valence-electron chi connectivity index (χ1n) is 5.84. The average Bonchev–Trinajstić information content (AvgIpc) is 2.40. The molecule has 0 aliphatic carbocycles. The Morgan fingerprint density at radius 1 is 1.11 bits per heavy atom. The van der Waals surface area contributed by atoms with Gasteiger partial charge in [-0.1, -0.05) is 46.3 Å². The first kappa shape index (κ1) is 13.2. The van der Waals surface area contributed by atoms with Gasteiger partial charge in [0.2, 0.25) is 0 Å². The highest BCUT2D eigenvalue weighted by Crippen LogP contribution is 2.27. The maximum Gasteiger partial charge on any atom is 0.123 e. The van der Waals surface area contributed by atoms with Crippen molar-refractivity contribution in [2.24, 2.45) is 0 Å². The molecule has 1 N–H and O–H groups in total. The number of hydrogen-bond acceptors (Lipinski definition) is 1. The lowest BCUT2D eigenvalue weighted by atomic mass is 10.0. The van der Waals surface area contributed by atoms with Gasteiger partial charge in [-0.3, -0.25) is 0 Å². The fraction of sp³-hybridized carbons (Fsp3) is 0.200. The van der Waals surface area contributed by atoms with E-state index in [4.69, 9.17) is 0 Å². The van der Waals surface area contributed by atoms with Gasteiger partial charge in [0.05, 0.1) is 6.10 Å². The molecule has 1 atom stereocenters. The van der Waals surface area contributed by atoms with Gasteiger partial charge in [-0.2, -0.15) is 0 Å². The molecular weight excluding hydrogens is 295 g/mol. The van der Waals surface area contributed by atoms with Crippen molar-refractivity contribution >= 4 is 15.9 Å². The molecule has 0 radical (unpaired) electrons. The van der Waals surface area contributed by atoms with Gasteiger partial charge in [0.25, 0.3) is 0 Å². The lowest BCUT2D eigenvalue weighted by molar-refractivity contribution is 0.166. The van der Waals surface area contributed by atoms with Gasteiger partial charge >= 0.3 is 0 Å². The number of benzene rings is 2. The van der Waals surface area contributed by atoms with E-state index in [1.54, 1.807) is 6.07 Å². The highest BCUT2D eigenvalue weighted by molar-refractivity contribution is 9.10. The lowest BCUT2D eigenvalue weighted by Crippen LogP contribution is -2.01. The van der Waals surface area contributed by atoms with Crippen LogP contribution in [0.25, 0.3) is 0 Å². The quantitative estimate of drug-likeness (QED) is 0.895. The summed E-state index contributed by atoms with van der Waals surface area (Å²) in [5.41, 5.74) is 1.77. The van der Waals surface area contributed by atoms with E-state index >= 15 is 0 Å². The Morgan fingerprint density at radius 3 is 2.56 bits per heavy atom. The molecule has 0 saturated carbocycles. The Balaban J connectivity index is 2.03. The minimum atomic E-state index is -0.657. The van der Waals surface area contributed by atoms with Crippen LogP contribution in [0.2, 0.25) is 0 Å². The molecular formula is C15H14BrFO. The molecule has 0 amide bonds. The molecule has 94 valence electrons. The van der Waals surface area contributed by atoms with Crippen molar-refractivity contribution in [3.05, 3.63) is 69.9 Å². The summed E-state index contributed by atoms with van der Waals surface area (Å²) in [7, 11) is 0.